The first kappa shape index (κ1) is 19.6. The minimum atomic E-state index is -2.84. The lowest BCUT2D eigenvalue weighted by Gasteiger charge is -2.23. The summed E-state index contributed by atoms with van der Waals surface area (Å²) in [5, 5.41) is 0. The van der Waals surface area contributed by atoms with E-state index in [1.165, 1.54) is 12.1 Å². The van der Waals surface area contributed by atoms with Crippen molar-refractivity contribution < 1.29 is 18.3 Å². The standard InChI is InChI=1S/C14H20F2N2O2.ClH/c1-9(10(2)17)13(19)18(3)8-11-4-6-12(7-5-11)20-14(15)16;/h4-7,9-10,14H,8,17H2,1-3H3;1H. The van der Waals surface area contributed by atoms with Gasteiger partial charge in [0.2, 0.25) is 5.91 Å². The van der Waals surface area contributed by atoms with Gasteiger partial charge >= 0.3 is 6.61 Å². The molecule has 2 N–H and O–H groups in total. The molecule has 1 amide bonds. The number of alkyl halides is 2. The van der Waals surface area contributed by atoms with Crippen molar-refractivity contribution >= 4 is 18.3 Å². The van der Waals surface area contributed by atoms with Gasteiger partial charge in [0.15, 0.2) is 0 Å². The Labute approximate surface area is 129 Å². The average molecular weight is 323 g/mol. The van der Waals surface area contributed by atoms with Crippen LogP contribution in [-0.4, -0.2) is 30.5 Å². The fraction of sp³-hybridized carbons (Fsp3) is 0.500. The van der Waals surface area contributed by atoms with Crippen LogP contribution in [0.3, 0.4) is 0 Å². The van der Waals surface area contributed by atoms with Gasteiger partial charge in [0.1, 0.15) is 5.75 Å². The van der Waals surface area contributed by atoms with Gasteiger partial charge in [-0.05, 0) is 24.6 Å². The molecule has 1 aromatic carbocycles. The highest BCUT2D eigenvalue weighted by molar-refractivity contribution is 5.85. The summed E-state index contributed by atoms with van der Waals surface area (Å²) in [5.74, 6) is -0.212. The van der Waals surface area contributed by atoms with Crippen LogP contribution in [0.1, 0.15) is 19.4 Å². The van der Waals surface area contributed by atoms with E-state index < -0.39 is 6.61 Å². The van der Waals surface area contributed by atoms with Crippen molar-refractivity contribution in [2.45, 2.75) is 33.0 Å². The molecular formula is C14H21ClF2N2O2. The normalized spacial score (nSPS) is 13.3. The third-order valence-corrected chi connectivity index (χ3v) is 3.12. The number of benzene rings is 1. The molecule has 0 aliphatic heterocycles. The van der Waals surface area contributed by atoms with Crippen molar-refractivity contribution in [2.75, 3.05) is 7.05 Å². The molecule has 2 unspecified atom stereocenters. The average Bonchev–Trinajstić information content (AvgIpc) is 2.38. The Morgan fingerprint density at radius 3 is 2.24 bits per heavy atom. The Balaban J connectivity index is 0.00000400. The second kappa shape index (κ2) is 8.79. The lowest BCUT2D eigenvalue weighted by molar-refractivity contribution is -0.134. The molecule has 0 radical (unpaired) electrons. The quantitative estimate of drug-likeness (QED) is 0.876. The Bertz CT molecular complexity index is 441. The van der Waals surface area contributed by atoms with E-state index >= 15 is 0 Å². The molecular weight excluding hydrogens is 302 g/mol. The maximum absolute atomic E-state index is 12.0. The number of carbonyl (C=O) groups is 1. The maximum atomic E-state index is 12.0. The highest BCUT2D eigenvalue weighted by atomic mass is 35.5. The maximum Gasteiger partial charge on any atom is 0.387 e. The molecule has 0 saturated heterocycles. The Morgan fingerprint density at radius 1 is 1.29 bits per heavy atom. The summed E-state index contributed by atoms with van der Waals surface area (Å²) >= 11 is 0. The van der Waals surface area contributed by atoms with Gasteiger partial charge in [-0.15, -0.1) is 12.4 Å². The molecule has 0 bridgehead atoms. The molecule has 2 atom stereocenters. The van der Waals surface area contributed by atoms with Crippen LogP contribution in [0.2, 0.25) is 0 Å². The van der Waals surface area contributed by atoms with Crippen molar-refractivity contribution in [3.8, 4) is 5.75 Å². The van der Waals surface area contributed by atoms with E-state index in [1.54, 1.807) is 37.9 Å². The number of amides is 1. The second-order valence-corrected chi connectivity index (χ2v) is 4.86. The number of nitrogens with zero attached hydrogens (tertiary/aromatic N) is 1. The summed E-state index contributed by atoms with van der Waals surface area (Å²) in [5.41, 5.74) is 6.53. The molecule has 4 nitrogen and oxygen atoms in total. The van der Waals surface area contributed by atoms with Gasteiger partial charge in [0, 0.05) is 19.6 Å². The van der Waals surface area contributed by atoms with Crippen molar-refractivity contribution in [3.05, 3.63) is 29.8 Å². The minimum absolute atomic E-state index is 0. The summed E-state index contributed by atoms with van der Waals surface area (Å²) in [4.78, 5) is 13.6. The van der Waals surface area contributed by atoms with Gasteiger partial charge in [-0.25, -0.2) is 0 Å². The van der Waals surface area contributed by atoms with Gasteiger partial charge in [0.25, 0.3) is 0 Å². The Kier molecular flexibility index (Phi) is 8.21. The zero-order chi connectivity index (χ0) is 15.3. The van der Waals surface area contributed by atoms with E-state index in [9.17, 15) is 13.6 Å². The van der Waals surface area contributed by atoms with E-state index in [0.29, 0.717) is 6.54 Å². The molecule has 0 heterocycles. The predicted molar refractivity (Wildman–Crippen MR) is 79.6 cm³/mol. The number of rotatable bonds is 6. The topological polar surface area (TPSA) is 55.6 Å². The van der Waals surface area contributed by atoms with Crippen LogP contribution in [0.25, 0.3) is 0 Å². The molecule has 0 aliphatic carbocycles. The van der Waals surface area contributed by atoms with E-state index in [-0.39, 0.29) is 36.0 Å². The van der Waals surface area contributed by atoms with E-state index in [1.807, 2.05) is 0 Å². The monoisotopic (exact) mass is 322 g/mol. The molecule has 0 spiro atoms. The molecule has 0 aromatic heterocycles. The molecule has 120 valence electrons. The summed E-state index contributed by atoms with van der Waals surface area (Å²) < 4.78 is 28.3. The van der Waals surface area contributed by atoms with Crippen LogP contribution in [0.15, 0.2) is 24.3 Å². The molecule has 21 heavy (non-hydrogen) atoms. The Morgan fingerprint density at radius 2 is 1.81 bits per heavy atom. The predicted octanol–water partition coefficient (Wildman–Crippen LogP) is 2.65. The first-order valence-corrected chi connectivity index (χ1v) is 6.35. The zero-order valence-electron chi connectivity index (χ0n) is 12.3. The van der Waals surface area contributed by atoms with Crippen molar-refractivity contribution in [2.24, 2.45) is 11.7 Å². The number of nitrogens with two attached hydrogens (primary N) is 1. The molecule has 1 aromatic rings. The third kappa shape index (κ3) is 6.27. The first-order valence-electron chi connectivity index (χ1n) is 6.35. The molecule has 0 aliphatic rings. The smallest absolute Gasteiger partial charge is 0.387 e. The second-order valence-electron chi connectivity index (χ2n) is 4.86. The van der Waals surface area contributed by atoms with Crippen LogP contribution in [-0.2, 0) is 11.3 Å². The summed E-state index contributed by atoms with van der Waals surface area (Å²) in [7, 11) is 1.69. The number of ether oxygens (including phenoxy) is 1. The molecule has 7 heteroatoms. The summed E-state index contributed by atoms with van der Waals surface area (Å²) in [6.45, 7) is 1.12. The summed E-state index contributed by atoms with van der Waals surface area (Å²) in [6.07, 6.45) is 0. The number of hydrogen-bond donors (Lipinski definition) is 1. The fourth-order valence-electron chi connectivity index (χ4n) is 1.70. The van der Waals surface area contributed by atoms with Crippen LogP contribution in [0.5, 0.6) is 5.75 Å². The molecule has 0 fully saturated rings. The number of carbonyl (C=O) groups excluding carboxylic acids is 1. The highest BCUT2D eigenvalue weighted by Crippen LogP contribution is 2.16. The van der Waals surface area contributed by atoms with Crippen LogP contribution < -0.4 is 10.5 Å². The van der Waals surface area contributed by atoms with Crippen LogP contribution in [0, 0.1) is 5.92 Å². The van der Waals surface area contributed by atoms with Crippen LogP contribution in [0.4, 0.5) is 8.78 Å². The van der Waals surface area contributed by atoms with E-state index in [2.05, 4.69) is 4.74 Å². The van der Waals surface area contributed by atoms with Gasteiger partial charge in [0.05, 0.1) is 5.92 Å². The summed E-state index contributed by atoms with van der Waals surface area (Å²) in [6, 6.07) is 5.99. The van der Waals surface area contributed by atoms with Crippen molar-refractivity contribution in [1.82, 2.24) is 4.90 Å². The SMILES string of the molecule is CC(N)C(C)C(=O)N(C)Cc1ccc(OC(F)F)cc1.Cl. The van der Waals surface area contributed by atoms with Crippen molar-refractivity contribution in [3.63, 3.8) is 0 Å². The zero-order valence-corrected chi connectivity index (χ0v) is 13.1. The minimum Gasteiger partial charge on any atom is -0.435 e. The van der Waals surface area contributed by atoms with Gasteiger partial charge in [-0.3, -0.25) is 4.79 Å². The lowest BCUT2D eigenvalue weighted by Crippen LogP contribution is -2.39. The van der Waals surface area contributed by atoms with E-state index in [0.717, 1.165) is 5.56 Å². The lowest BCUT2D eigenvalue weighted by atomic mass is 10.0. The Hall–Kier alpha value is -1.40. The van der Waals surface area contributed by atoms with Crippen LogP contribution >= 0.6 is 12.4 Å². The van der Waals surface area contributed by atoms with Gasteiger partial charge in [-0.1, -0.05) is 19.1 Å². The number of halogens is 3. The highest BCUT2D eigenvalue weighted by Gasteiger charge is 2.20. The van der Waals surface area contributed by atoms with E-state index in [4.69, 9.17) is 5.73 Å². The van der Waals surface area contributed by atoms with Crippen molar-refractivity contribution in [1.29, 1.82) is 0 Å². The molecule has 0 saturated carbocycles. The molecule has 1 rings (SSSR count). The fourth-order valence-corrected chi connectivity index (χ4v) is 1.70. The number of hydrogen-bond acceptors (Lipinski definition) is 3. The first-order chi connectivity index (χ1) is 9.31. The third-order valence-electron chi connectivity index (χ3n) is 3.12. The van der Waals surface area contributed by atoms with Gasteiger partial charge < -0.3 is 15.4 Å². The largest absolute Gasteiger partial charge is 0.435 e. The van der Waals surface area contributed by atoms with Gasteiger partial charge in [-0.2, -0.15) is 8.78 Å².